The minimum Gasteiger partial charge on any atom is -0.464 e. The van der Waals surface area contributed by atoms with Crippen molar-refractivity contribution < 1.29 is 33.4 Å². The third-order valence-electron chi connectivity index (χ3n) is 10.7. The summed E-state index contributed by atoms with van der Waals surface area (Å²) in [6.07, 6.45) is 41.7. The maximum atomic E-state index is 13.2. The van der Waals surface area contributed by atoms with Crippen molar-refractivity contribution in [3.63, 3.8) is 0 Å². The number of aliphatic hydroxyl groups excluding tert-OH is 1. The number of aliphatic hydroxyl groups is 1. The second-order valence-corrected chi connectivity index (χ2v) is 17.8. The second-order valence-electron chi connectivity index (χ2n) is 16.6. The lowest BCUT2D eigenvalue weighted by Gasteiger charge is -2.28. The fraction of sp³-hybridized carbons (Fsp3) is 0.854. The van der Waals surface area contributed by atoms with E-state index < -0.39 is 0 Å². The van der Waals surface area contributed by atoms with Crippen LogP contribution >= 0.6 is 11.8 Å². The maximum Gasteiger partial charge on any atom is 0.305 e. The largest absolute Gasteiger partial charge is 0.464 e. The lowest BCUT2D eigenvalue weighted by Crippen LogP contribution is -2.44. The van der Waals surface area contributed by atoms with Crippen LogP contribution in [0.1, 0.15) is 194 Å². The van der Waals surface area contributed by atoms with Crippen molar-refractivity contribution in [1.82, 2.24) is 4.90 Å². The highest BCUT2D eigenvalue weighted by Crippen LogP contribution is 2.13. The molecule has 0 saturated carbocycles. The predicted octanol–water partition coefficient (Wildman–Crippen LogP) is 11.8. The molecule has 0 radical (unpaired) electrons. The van der Waals surface area contributed by atoms with Gasteiger partial charge in [-0.05, 0) is 64.2 Å². The molecule has 0 heterocycles. The minimum absolute atomic E-state index is 0.0472. The topological polar surface area (TPSA) is 93.1 Å². The number of rotatable bonds is 43. The number of nitrogens with zero attached hydrogens (tertiary/aromatic N) is 2. The van der Waals surface area contributed by atoms with Gasteiger partial charge in [0.05, 0.1) is 46.1 Å². The van der Waals surface area contributed by atoms with E-state index in [-0.39, 0.29) is 50.8 Å². The van der Waals surface area contributed by atoms with Gasteiger partial charge in [0.1, 0.15) is 19.8 Å². The number of ether oxygens (including phenoxy) is 2. The molecular formula is C48H91N2O6S+. The lowest BCUT2D eigenvalue weighted by molar-refractivity contribution is -0.888. The van der Waals surface area contributed by atoms with Crippen molar-refractivity contribution in [2.45, 2.75) is 194 Å². The number of carbonyl (C=O) groups is 3. The predicted molar refractivity (Wildman–Crippen MR) is 244 cm³/mol. The van der Waals surface area contributed by atoms with E-state index in [2.05, 4.69) is 52.2 Å². The van der Waals surface area contributed by atoms with Gasteiger partial charge in [-0.1, -0.05) is 141 Å². The molecule has 334 valence electrons. The molecule has 9 heteroatoms. The molecule has 0 saturated heterocycles. The van der Waals surface area contributed by atoms with Crippen molar-refractivity contribution in [3.05, 3.63) is 24.3 Å². The second kappa shape index (κ2) is 42.3. The molecule has 0 bridgehead atoms. The van der Waals surface area contributed by atoms with Crippen LogP contribution in [0.15, 0.2) is 24.3 Å². The molecule has 0 rings (SSSR count). The van der Waals surface area contributed by atoms with Crippen molar-refractivity contribution >= 4 is 29.6 Å². The Morgan fingerprint density at radius 3 is 1.30 bits per heavy atom. The monoisotopic (exact) mass is 824 g/mol. The number of carbonyl (C=O) groups excluding carboxylic acids is 3. The molecule has 57 heavy (non-hydrogen) atoms. The Bertz CT molecular complexity index is 930. The zero-order valence-electron chi connectivity index (χ0n) is 37.8. The summed E-state index contributed by atoms with van der Waals surface area (Å²) in [6, 6.07) is 0. The van der Waals surface area contributed by atoms with Crippen molar-refractivity contribution in [3.8, 4) is 0 Å². The van der Waals surface area contributed by atoms with E-state index in [9.17, 15) is 19.5 Å². The highest BCUT2D eigenvalue weighted by molar-refractivity contribution is 7.99. The summed E-state index contributed by atoms with van der Waals surface area (Å²) in [4.78, 5) is 39.7. The first-order valence-electron chi connectivity index (χ1n) is 23.6. The Kier molecular flexibility index (Phi) is 40.9. The van der Waals surface area contributed by atoms with Crippen LogP contribution in [0.2, 0.25) is 0 Å². The summed E-state index contributed by atoms with van der Waals surface area (Å²) in [5.41, 5.74) is 0. The molecule has 0 unspecified atom stereocenters. The maximum absolute atomic E-state index is 13.2. The van der Waals surface area contributed by atoms with Crippen LogP contribution in [0.4, 0.5) is 0 Å². The molecule has 1 N–H and O–H groups in total. The van der Waals surface area contributed by atoms with Gasteiger partial charge >= 0.3 is 11.9 Å². The number of allylic oxidation sites excluding steroid dienone is 4. The minimum atomic E-state index is -0.218. The SMILES string of the molecule is CCCCCCCC/C=C/CCCCCCCC(=O)OCCN(CCOC(=O)CCCCCCC/C=C/CCCCCCCC)C(=O)CSCC[N+](C)(C)CCO. The first kappa shape index (κ1) is 55.2. The van der Waals surface area contributed by atoms with Gasteiger partial charge < -0.3 is 24.0 Å². The molecule has 0 aromatic carbocycles. The van der Waals surface area contributed by atoms with Gasteiger partial charge in [-0.3, -0.25) is 14.4 Å². The molecule has 0 aliphatic rings. The average molecular weight is 824 g/mol. The van der Waals surface area contributed by atoms with Gasteiger partial charge in [0.15, 0.2) is 0 Å². The summed E-state index contributed by atoms with van der Waals surface area (Å²) in [7, 11) is 4.14. The van der Waals surface area contributed by atoms with E-state index in [4.69, 9.17) is 9.47 Å². The number of amides is 1. The van der Waals surface area contributed by atoms with E-state index in [0.29, 0.717) is 29.6 Å². The normalized spacial score (nSPS) is 11.9. The van der Waals surface area contributed by atoms with E-state index in [1.165, 1.54) is 116 Å². The number of hydrogen-bond donors (Lipinski definition) is 1. The van der Waals surface area contributed by atoms with Crippen molar-refractivity contribution in [1.29, 1.82) is 0 Å². The van der Waals surface area contributed by atoms with Crippen LogP contribution in [0.5, 0.6) is 0 Å². The Morgan fingerprint density at radius 2 is 0.912 bits per heavy atom. The molecule has 0 aromatic heterocycles. The quantitative estimate of drug-likeness (QED) is 0.0283. The zero-order chi connectivity index (χ0) is 41.9. The molecule has 0 atom stereocenters. The van der Waals surface area contributed by atoms with Gasteiger partial charge in [-0.25, -0.2) is 0 Å². The van der Waals surface area contributed by atoms with Gasteiger partial charge in [-0.15, -0.1) is 11.8 Å². The summed E-state index contributed by atoms with van der Waals surface area (Å²) < 4.78 is 11.7. The summed E-state index contributed by atoms with van der Waals surface area (Å²) in [5.74, 6) is 0.622. The summed E-state index contributed by atoms with van der Waals surface area (Å²) in [5, 5.41) is 9.30. The molecule has 1 amide bonds. The van der Waals surface area contributed by atoms with E-state index in [1.54, 1.807) is 16.7 Å². The van der Waals surface area contributed by atoms with Gasteiger partial charge in [0, 0.05) is 18.6 Å². The van der Waals surface area contributed by atoms with Crippen LogP contribution in [-0.4, -0.2) is 104 Å². The number of unbranched alkanes of at least 4 members (excludes halogenated alkanes) is 22. The van der Waals surface area contributed by atoms with Gasteiger partial charge in [0.25, 0.3) is 0 Å². The lowest BCUT2D eigenvalue weighted by atomic mass is 10.1. The summed E-state index contributed by atoms with van der Waals surface area (Å²) in [6.45, 7) is 7.03. The molecule has 0 spiro atoms. The number of hydrogen-bond acceptors (Lipinski definition) is 7. The van der Waals surface area contributed by atoms with Crippen LogP contribution in [0.25, 0.3) is 0 Å². The van der Waals surface area contributed by atoms with E-state index in [0.717, 1.165) is 63.7 Å². The van der Waals surface area contributed by atoms with Crippen LogP contribution in [0.3, 0.4) is 0 Å². The fourth-order valence-electron chi connectivity index (χ4n) is 6.67. The van der Waals surface area contributed by atoms with E-state index in [1.807, 2.05) is 0 Å². The molecule has 0 aromatic rings. The Morgan fingerprint density at radius 1 is 0.544 bits per heavy atom. The first-order valence-corrected chi connectivity index (χ1v) is 24.8. The highest BCUT2D eigenvalue weighted by Gasteiger charge is 2.18. The number of esters is 2. The first-order chi connectivity index (χ1) is 27.8. The fourth-order valence-corrected chi connectivity index (χ4v) is 7.79. The van der Waals surface area contributed by atoms with Crippen LogP contribution in [-0.2, 0) is 23.9 Å². The summed E-state index contributed by atoms with van der Waals surface area (Å²) >= 11 is 1.57. The van der Waals surface area contributed by atoms with Gasteiger partial charge in [0.2, 0.25) is 5.91 Å². The molecule has 8 nitrogen and oxygen atoms in total. The van der Waals surface area contributed by atoms with Crippen LogP contribution in [0, 0.1) is 0 Å². The molecule has 0 aliphatic heterocycles. The molecule has 0 aliphatic carbocycles. The van der Waals surface area contributed by atoms with Crippen molar-refractivity contribution in [2.75, 3.05) is 71.6 Å². The third kappa shape index (κ3) is 40.7. The molecular weight excluding hydrogens is 733 g/mol. The van der Waals surface area contributed by atoms with Gasteiger partial charge in [-0.2, -0.15) is 0 Å². The smallest absolute Gasteiger partial charge is 0.305 e. The Balaban J connectivity index is 4.29. The standard InChI is InChI=1S/C48H91N2O6S/c1-5-7-9-11-13-15-17-19-21-23-25-27-29-31-33-35-47(53)55-42-37-49(46(52)45-57-44-40-50(3,4)39-41-51)38-43-56-48(54)36-34-32-30-28-26-24-22-20-18-16-14-12-10-8-6-2/h19-22,51H,5-18,23-45H2,1-4H3/q+1/b21-19+,22-20+. The Labute approximate surface area is 356 Å². The Hall–Kier alpha value is -1.84. The van der Waals surface area contributed by atoms with E-state index >= 15 is 0 Å². The average Bonchev–Trinajstić information content (AvgIpc) is 3.18. The number of quaternary nitrogens is 1. The number of thioether (sulfide) groups is 1. The highest BCUT2D eigenvalue weighted by atomic mass is 32.2. The number of likely N-dealkylation sites (N-methyl/N-ethyl adjacent to an activating group) is 1. The van der Waals surface area contributed by atoms with Crippen LogP contribution < -0.4 is 0 Å². The molecule has 0 fully saturated rings. The van der Waals surface area contributed by atoms with Crippen molar-refractivity contribution in [2.24, 2.45) is 0 Å². The third-order valence-corrected chi connectivity index (χ3v) is 11.6. The zero-order valence-corrected chi connectivity index (χ0v) is 38.6.